The fourth-order valence-electron chi connectivity index (χ4n) is 1.74. The molecule has 19 heavy (non-hydrogen) atoms. The lowest BCUT2D eigenvalue weighted by Crippen LogP contribution is -1.98. The van der Waals surface area contributed by atoms with Gasteiger partial charge in [-0.3, -0.25) is 4.79 Å². The fraction of sp³-hybridized carbons (Fsp3) is 0.167. The molecule has 3 aromatic rings. The van der Waals surface area contributed by atoms with E-state index < -0.39 is 5.97 Å². The van der Waals surface area contributed by atoms with E-state index in [4.69, 9.17) is 5.11 Å². The number of aryl methyl sites for hydroxylation is 1. The summed E-state index contributed by atoms with van der Waals surface area (Å²) in [5.41, 5.74) is 0.935. The normalized spacial score (nSPS) is 10.9. The number of hydrogen-bond donors (Lipinski definition) is 1. The maximum atomic E-state index is 10.6. The van der Waals surface area contributed by atoms with E-state index in [2.05, 4.69) is 15.3 Å². The highest BCUT2D eigenvalue weighted by Crippen LogP contribution is 2.21. The minimum atomic E-state index is -0.825. The van der Waals surface area contributed by atoms with Crippen molar-refractivity contribution in [2.45, 2.75) is 12.8 Å². The lowest BCUT2D eigenvalue weighted by Gasteiger charge is -1.95. The van der Waals surface area contributed by atoms with Gasteiger partial charge in [0.15, 0.2) is 5.82 Å². The van der Waals surface area contributed by atoms with E-state index in [9.17, 15) is 4.79 Å². The molecule has 2 heterocycles. The average molecular weight is 274 g/mol. The van der Waals surface area contributed by atoms with Gasteiger partial charge in [0.1, 0.15) is 5.01 Å². The second kappa shape index (κ2) is 4.77. The van der Waals surface area contributed by atoms with Gasteiger partial charge in [-0.2, -0.15) is 9.61 Å². The molecule has 0 aliphatic carbocycles. The number of aromatic nitrogens is 4. The van der Waals surface area contributed by atoms with E-state index in [1.54, 1.807) is 4.52 Å². The van der Waals surface area contributed by atoms with E-state index in [1.165, 1.54) is 11.3 Å². The van der Waals surface area contributed by atoms with Crippen LogP contribution in [0.3, 0.4) is 0 Å². The van der Waals surface area contributed by atoms with E-state index in [0.29, 0.717) is 17.2 Å². The van der Waals surface area contributed by atoms with Crippen LogP contribution in [-0.2, 0) is 11.2 Å². The molecule has 0 atom stereocenters. The van der Waals surface area contributed by atoms with Gasteiger partial charge in [-0.1, -0.05) is 41.7 Å². The van der Waals surface area contributed by atoms with Crippen molar-refractivity contribution in [3.05, 3.63) is 35.3 Å². The van der Waals surface area contributed by atoms with Crippen LogP contribution in [0, 0.1) is 0 Å². The van der Waals surface area contributed by atoms with Gasteiger partial charge in [-0.25, -0.2) is 0 Å². The minimum Gasteiger partial charge on any atom is -0.481 e. The summed E-state index contributed by atoms with van der Waals surface area (Å²) in [7, 11) is 0. The molecule has 0 amide bonds. The zero-order valence-corrected chi connectivity index (χ0v) is 10.7. The van der Waals surface area contributed by atoms with Crippen LogP contribution in [0.1, 0.15) is 11.4 Å². The van der Waals surface area contributed by atoms with Crippen LogP contribution < -0.4 is 0 Å². The van der Waals surface area contributed by atoms with Gasteiger partial charge >= 0.3 is 5.97 Å². The Hall–Kier alpha value is -2.28. The van der Waals surface area contributed by atoms with Crippen molar-refractivity contribution in [1.29, 1.82) is 0 Å². The summed E-state index contributed by atoms with van der Waals surface area (Å²) in [6.07, 6.45) is 0.488. The molecule has 0 saturated carbocycles. The van der Waals surface area contributed by atoms with Crippen LogP contribution in [0.5, 0.6) is 0 Å². The number of aliphatic carboxylic acids is 1. The summed E-state index contributed by atoms with van der Waals surface area (Å²) in [4.78, 5) is 11.2. The monoisotopic (exact) mass is 274 g/mol. The predicted molar refractivity (Wildman–Crippen MR) is 70.1 cm³/mol. The Kier molecular flexibility index (Phi) is 2.96. The van der Waals surface area contributed by atoms with Crippen LogP contribution in [-0.4, -0.2) is 30.9 Å². The minimum absolute atomic E-state index is 0.0742. The number of nitrogens with zero attached hydrogens (tertiary/aromatic N) is 4. The van der Waals surface area contributed by atoms with Crippen LogP contribution in [0.2, 0.25) is 0 Å². The molecule has 0 aliphatic rings. The number of benzene rings is 1. The van der Waals surface area contributed by atoms with E-state index >= 15 is 0 Å². The number of fused-ring (bicyclic) bond motifs is 1. The van der Waals surface area contributed by atoms with Crippen molar-refractivity contribution in [2.75, 3.05) is 0 Å². The molecule has 0 aliphatic heterocycles. The Morgan fingerprint density at radius 1 is 1.26 bits per heavy atom. The fourth-order valence-corrected chi connectivity index (χ4v) is 2.57. The molecule has 6 nitrogen and oxygen atoms in total. The smallest absolute Gasteiger partial charge is 0.303 e. The molecule has 0 radical (unpaired) electrons. The summed E-state index contributed by atoms with van der Waals surface area (Å²) < 4.78 is 1.66. The van der Waals surface area contributed by atoms with Gasteiger partial charge in [0, 0.05) is 12.0 Å². The third-order valence-corrected chi connectivity index (χ3v) is 3.58. The first-order valence-electron chi connectivity index (χ1n) is 5.72. The SMILES string of the molecule is O=C(O)CCc1nn2c(-c3ccccc3)nnc2s1. The number of rotatable bonds is 4. The van der Waals surface area contributed by atoms with Gasteiger partial charge in [0.05, 0.1) is 6.42 Å². The first-order valence-corrected chi connectivity index (χ1v) is 6.54. The molecule has 96 valence electrons. The van der Waals surface area contributed by atoms with E-state index in [-0.39, 0.29) is 6.42 Å². The largest absolute Gasteiger partial charge is 0.481 e. The van der Waals surface area contributed by atoms with Crippen molar-refractivity contribution in [3.63, 3.8) is 0 Å². The van der Waals surface area contributed by atoms with Gasteiger partial charge in [-0.05, 0) is 0 Å². The first-order chi connectivity index (χ1) is 9.24. The second-order valence-corrected chi connectivity index (χ2v) is 5.01. The molecule has 1 N–H and O–H groups in total. The Labute approximate surface area is 112 Å². The van der Waals surface area contributed by atoms with Crippen molar-refractivity contribution in [3.8, 4) is 11.4 Å². The van der Waals surface area contributed by atoms with Crippen LogP contribution >= 0.6 is 11.3 Å². The second-order valence-electron chi connectivity index (χ2n) is 3.97. The van der Waals surface area contributed by atoms with Gasteiger partial charge in [0.2, 0.25) is 4.96 Å². The highest BCUT2D eigenvalue weighted by Gasteiger charge is 2.13. The van der Waals surface area contributed by atoms with Crippen molar-refractivity contribution < 1.29 is 9.90 Å². The Balaban J connectivity index is 1.96. The molecule has 7 heteroatoms. The molecule has 0 saturated heterocycles. The van der Waals surface area contributed by atoms with Gasteiger partial charge in [0.25, 0.3) is 0 Å². The molecular formula is C12H10N4O2S. The summed E-state index contributed by atoms with van der Waals surface area (Å²) in [5.74, 6) is -0.150. The Bertz CT molecular complexity index is 720. The molecule has 0 fully saturated rings. The number of carbonyl (C=O) groups is 1. The first kappa shape index (κ1) is 11.8. The van der Waals surface area contributed by atoms with Gasteiger partial charge in [-0.15, -0.1) is 10.2 Å². The maximum Gasteiger partial charge on any atom is 0.303 e. The number of carboxylic acids is 1. The summed E-state index contributed by atoms with van der Waals surface area (Å²) in [5, 5.41) is 22.0. The third kappa shape index (κ3) is 2.32. The highest BCUT2D eigenvalue weighted by molar-refractivity contribution is 7.16. The predicted octanol–water partition coefficient (Wildman–Crippen LogP) is 1.87. The quantitative estimate of drug-likeness (QED) is 0.785. The van der Waals surface area contributed by atoms with Crippen LogP contribution in [0.15, 0.2) is 30.3 Å². The summed E-state index contributed by atoms with van der Waals surface area (Å²) in [6, 6.07) is 9.66. The van der Waals surface area contributed by atoms with Gasteiger partial charge < -0.3 is 5.11 Å². The maximum absolute atomic E-state index is 10.6. The summed E-state index contributed by atoms with van der Waals surface area (Å²) >= 11 is 1.37. The lowest BCUT2D eigenvalue weighted by atomic mass is 10.2. The Morgan fingerprint density at radius 3 is 2.79 bits per heavy atom. The molecule has 3 rings (SSSR count). The zero-order chi connectivity index (χ0) is 13.2. The average Bonchev–Trinajstić information content (AvgIpc) is 2.96. The van der Waals surface area contributed by atoms with E-state index in [1.807, 2.05) is 30.3 Å². The molecular weight excluding hydrogens is 264 g/mol. The summed E-state index contributed by atoms with van der Waals surface area (Å²) in [6.45, 7) is 0. The Morgan fingerprint density at radius 2 is 2.05 bits per heavy atom. The molecule has 0 unspecified atom stereocenters. The topological polar surface area (TPSA) is 80.4 Å². The standard InChI is InChI=1S/C12H10N4O2S/c17-10(18)7-6-9-15-16-11(13-14-12(16)19-9)8-4-2-1-3-5-8/h1-5H,6-7H2,(H,17,18). The van der Waals surface area contributed by atoms with Crippen molar-refractivity contribution in [1.82, 2.24) is 19.8 Å². The number of carboxylic acid groups (broad SMARTS) is 1. The molecule has 1 aromatic carbocycles. The highest BCUT2D eigenvalue weighted by atomic mass is 32.1. The third-order valence-electron chi connectivity index (χ3n) is 2.62. The lowest BCUT2D eigenvalue weighted by molar-refractivity contribution is -0.136. The van der Waals surface area contributed by atoms with Crippen LogP contribution in [0.4, 0.5) is 0 Å². The zero-order valence-electron chi connectivity index (χ0n) is 9.85. The molecule has 0 bridgehead atoms. The molecule has 2 aromatic heterocycles. The van der Waals surface area contributed by atoms with E-state index in [0.717, 1.165) is 10.6 Å². The number of hydrogen-bond acceptors (Lipinski definition) is 5. The van der Waals surface area contributed by atoms with Crippen molar-refractivity contribution in [2.24, 2.45) is 0 Å². The van der Waals surface area contributed by atoms with Crippen molar-refractivity contribution >= 4 is 22.3 Å². The molecule has 0 spiro atoms. The van der Waals surface area contributed by atoms with Crippen LogP contribution in [0.25, 0.3) is 16.3 Å².